The first-order chi connectivity index (χ1) is 15.3. The molecule has 8 heteroatoms. The second-order valence-corrected chi connectivity index (χ2v) is 9.68. The third-order valence-corrected chi connectivity index (χ3v) is 7.53. The number of benzene rings is 2. The Balaban J connectivity index is 1.46. The number of amides is 1. The molecule has 1 amide bonds. The molecule has 0 atom stereocenters. The van der Waals surface area contributed by atoms with Crippen LogP contribution in [-0.2, 0) is 14.8 Å². The van der Waals surface area contributed by atoms with Crippen molar-refractivity contribution in [3.63, 3.8) is 0 Å². The van der Waals surface area contributed by atoms with Crippen molar-refractivity contribution in [2.45, 2.75) is 26.7 Å². The van der Waals surface area contributed by atoms with Crippen LogP contribution in [0.1, 0.15) is 30.9 Å². The number of likely N-dealkylation sites (tertiary alicyclic amines) is 1. The maximum absolute atomic E-state index is 12.8. The molecule has 0 unspecified atom stereocenters. The van der Waals surface area contributed by atoms with Gasteiger partial charge in [-0.2, -0.15) is 8.42 Å². The number of para-hydroxylation sites is 1. The Kier molecular flexibility index (Phi) is 6.06. The summed E-state index contributed by atoms with van der Waals surface area (Å²) in [6.45, 7) is 4.91. The fraction of sp³-hybridized carbons (Fsp3) is 0.333. The molecule has 0 spiro atoms. The predicted octanol–water partition coefficient (Wildman–Crippen LogP) is 3.83. The molecule has 2 aromatic carbocycles. The van der Waals surface area contributed by atoms with Gasteiger partial charge in [-0.25, -0.2) is 0 Å². The van der Waals surface area contributed by atoms with E-state index in [1.165, 1.54) is 0 Å². The zero-order valence-electron chi connectivity index (χ0n) is 18.5. The number of sulfonamides is 1. The quantitative estimate of drug-likeness (QED) is 0.760. The number of nitrogens with one attached hydrogen (secondary N) is 1. The van der Waals surface area contributed by atoms with Crippen LogP contribution in [0, 0.1) is 12.8 Å². The van der Waals surface area contributed by atoms with Crippen molar-refractivity contribution < 1.29 is 17.9 Å². The van der Waals surface area contributed by atoms with E-state index in [1.54, 1.807) is 38.3 Å². The number of carbonyl (C=O) groups is 1. The number of aryl methyl sites for hydroxylation is 1. The van der Waals surface area contributed by atoms with Crippen molar-refractivity contribution in [3.05, 3.63) is 65.2 Å². The summed E-state index contributed by atoms with van der Waals surface area (Å²) in [5.74, 6) is 1.03. The van der Waals surface area contributed by atoms with E-state index in [4.69, 9.17) is 4.74 Å². The number of carbonyl (C=O) groups excluding carboxylic acids is 1. The van der Waals surface area contributed by atoms with Gasteiger partial charge < -0.3 is 15.0 Å². The largest absolute Gasteiger partial charge is 0.497 e. The lowest BCUT2D eigenvalue weighted by Crippen LogP contribution is -2.41. The van der Waals surface area contributed by atoms with E-state index in [0.717, 1.165) is 11.3 Å². The SMILES string of the molecule is COc1ccc(C2=C(C)C(N3CCC(C(=O)Nc4ccccc4C)CC3)=NS2(=O)=O)cc1. The molecule has 2 heterocycles. The first-order valence-electron chi connectivity index (χ1n) is 10.6. The molecule has 0 saturated carbocycles. The summed E-state index contributed by atoms with van der Waals surface area (Å²) in [5.41, 5.74) is 3.08. The molecule has 0 radical (unpaired) electrons. The van der Waals surface area contributed by atoms with E-state index < -0.39 is 10.0 Å². The first-order valence-corrected chi connectivity index (χ1v) is 12.1. The normalized spacial score (nSPS) is 18.5. The van der Waals surface area contributed by atoms with Crippen molar-refractivity contribution >= 4 is 32.4 Å². The van der Waals surface area contributed by atoms with Gasteiger partial charge in [0.2, 0.25) is 5.91 Å². The minimum Gasteiger partial charge on any atom is -0.497 e. The molecule has 7 nitrogen and oxygen atoms in total. The molecule has 32 heavy (non-hydrogen) atoms. The van der Waals surface area contributed by atoms with Crippen molar-refractivity contribution in [3.8, 4) is 5.75 Å². The van der Waals surface area contributed by atoms with E-state index >= 15 is 0 Å². The topological polar surface area (TPSA) is 88.1 Å². The van der Waals surface area contributed by atoms with Gasteiger partial charge in [-0.05, 0) is 68.1 Å². The lowest BCUT2D eigenvalue weighted by molar-refractivity contribution is -0.121. The van der Waals surface area contributed by atoms with Gasteiger partial charge in [-0.3, -0.25) is 4.79 Å². The van der Waals surface area contributed by atoms with Crippen molar-refractivity contribution in [2.24, 2.45) is 10.3 Å². The van der Waals surface area contributed by atoms with Crippen LogP contribution in [0.5, 0.6) is 5.75 Å². The number of piperidine rings is 1. The highest BCUT2D eigenvalue weighted by atomic mass is 32.2. The highest BCUT2D eigenvalue weighted by Crippen LogP contribution is 2.35. The third kappa shape index (κ3) is 4.27. The first kappa shape index (κ1) is 22.1. The van der Waals surface area contributed by atoms with Crippen LogP contribution >= 0.6 is 0 Å². The molecule has 2 aromatic rings. The average molecular weight is 454 g/mol. The molecule has 1 fully saturated rings. The molecule has 0 aromatic heterocycles. The minimum atomic E-state index is -3.78. The average Bonchev–Trinajstić information content (AvgIpc) is 3.04. The van der Waals surface area contributed by atoms with Crippen LogP contribution in [-0.4, -0.2) is 45.3 Å². The number of amidine groups is 1. The standard InChI is InChI=1S/C24H27N3O4S/c1-16-6-4-5-7-21(16)25-24(28)19-12-14-27(15-13-19)23-17(2)22(32(29,30)26-23)18-8-10-20(31-3)11-9-18/h4-11,19H,12-15H2,1-3H3,(H,25,28). The summed E-state index contributed by atoms with van der Waals surface area (Å²) in [6.07, 6.45) is 1.28. The summed E-state index contributed by atoms with van der Waals surface area (Å²) in [5, 5.41) is 3.02. The van der Waals surface area contributed by atoms with Gasteiger partial charge in [-0.1, -0.05) is 18.2 Å². The zero-order valence-corrected chi connectivity index (χ0v) is 19.3. The molecule has 0 bridgehead atoms. The number of nitrogens with zero attached hydrogens (tertiary/aromatic N) is 2. The zero-order chi connectivity index (χ0) is 22.9. The van der Waals surface area contributed by atoms with Gasteiger partial charge in [-0.15, -0.1) is 4.40 Å². The second kappa shape index (κ2) is 8.78. The Morgan fingerprint density at radius 3 is 2.34 bits per heavy atom. The lowest BCUT2D eigenvalue weighted by atomic mass is 9.95. The van der Waals surface area contributed by atoms with E-state index in [9.17, 15) is 13.2 Å². The van der Waals surface area contributed by atoms with Crippen LogP contribution in [0.25, 0.3) is 4.91 Å². The van der Waals surface area contributed by atoms with Crippen LogP contribution in [0.4, 0.5) is 5.69 Å². The summed E-state index contributed by atoms with van der Waals surface area (Å²) < 4.78 is 34.9. The highest BCUT2D eigenvalue weighted by Gasteiger charge is 2.35. The summed E-state index contributed by atoms with van der Waals surface area (Å²) in [4.78, 5) is 14.9. The van der Waals surface area contributed by atoms with Crippen LogP contribution in [0.3, 0.4) is 0 Å². The minimum absolute atomic E-state index is 0.00566. The molecule has 0 aliphatic carbocycles. The summed E-state index contributed by atoms with van der Waals surface area (Å²) in [6, 6.07) is 14.6. The predicted molar refractivity (Wildman–Crippen MR) is 126 cm³/mol. The summed E-state index contributed by atoms with van der Waals surface area (Å²) >= 11 is 0. The fourth-order valence-electron chi connectivity index (χ4n) is 4.23. The van der Waals surface area contributed by atoms with Crippen LogP contribution in [0.2, 0.25) is 0 Å². The number of hydrogen-bond acceptors (Lipinski definition) is 5. The Morgan fingerprint density at radius 1 is 1.06 bits per heavy atom. The molecule has 1 saturated heterocycles. The monoisotopic (exact) mass is 453 g/mol. The smallest absolute Gasteiger partial charge is 0.285 e. The second-order valence-electron chi connectivity index (χ2n) is 8.14. The van der Waals surface area contributed by atoms with Gasteiger partial charge in [0.1, 0.15) is 16.5 Å². The van der Waals surface area contributed by atoms with E-state index in [2.05, 4.69) is 9.71 Å². The number of methoxy groups -OCH3 is 1. The Morgan fingerprint density at radius 2 is 1.72 bits per heavy atom. The van der Waals surface area contributed by atoms with Crippen LogP contribution in [0.15, 0.2) is 58.5 Å². The van der Waals surface area contributed by atoms with E-state index in [1.807, 2.05) is 36.1 Å². The van der Waals surface area contributed by atoms with Gasteiger partial charge in [0.25, 0.3) is 10.0 Å². The third-order valence-electron chi connectivity index (χ3n) is 6.06. The highest BCUT2D eigenvalue weighted by molar-refractivity contribution is 8.00. The molecule has 2 aliphatic heterocycles. The fourth-order valence-corrected chi connectivity index (χ4v) is 5.71. The number of ether oxygens (including phenoxy) is 1. The number of hydrogen-bond donors (Lipinski definition) is 1. The number of anilines is 1. The molecule has 168 valence electrons. The van der Waals surface area contributed by atoms with Gasteiger partial charge in [0.15, 0.2) is 0 Å². The van der Waals surface area contributed by atoms with Crippen LogP contribution < -0.4 is 10.1 Å². The summed E-state index contributed by atoms with van der Waals surface area (Å²) in [7, 11) is -2.21. The van der Waals surface area contributed by atoms with Crippen molar-refractivity contribution in [1.82, 2.24) is 4.90 Å². The lowest BCUT2D eigenvalue weighted by Gasteiger charge is -2.33. The van der Waals surface area contributed by atoms with Crippen molar-refractivity contribution in [2.75, 3.05) is 25.5 Å². The molecule has 1 N–H and O–H groups in total. The van der Waals surface area contributed by atoms with Gasteiger partial charge in [0, 0.05) is 30.3 Å². The van der Waals surface area contributed by atoms with Gasteiger partial charge >= 0.3 is 0 Å². The van der Waals surface area contributed by atoms with E-state index in [0.29, 0.717) is 48.7 Å². The maximum Gasteiger partial charge on any atom is 0.285 e. The Hall–Kier alpha value is -3.13. The molecular formula is C24H27N3O4S. The number of rotatable bonds is 4. The maximum atomic E-state index is 12.8. The molecule has 4 rings (SSSR count). The van der Waals surface area contributed by atoms with Crippen molar-refractivity contribution in [1.29, 1.82) is 0 Å². The van der Waals surface area contributed by atoms with Gasteiger partial charge in [0.05, 0.1) is 7.11 Å². The Labute approximate surface area is 188 Å². The molecular weight excluding hydrogens is 426 g/mol. The molecule has 2 aliphatic rings. The Bertz CT molecular complexity index is 1190. The van der Waals surface area contributed by atoms with E-state index in [-0.39, 0.29) is 16.7 Å².